The second-order valence-electron chi connectivity index (χ2n) is 10.4. The Hall–Kier alpha value is -1.66. The summed E-state index contributed by atoms with van der Waals surface area (Å²) in [6.07, 6.45) is 0.965. The summed E-state index contributed by atoms with van der Waals surface area (Å²) in [6.45, 7) is 15.7. The third kappa shape index (κ3) is 4.08. The maximum atomic E-state index is 13.7. The third-order valence-corrected chi connectivity index (χ3v) is 11.9. The molecule has 3 rings (SSSR count). The lowest BCUT2D eigenvalue weighted by Crippen LogP contribution is -2.49. The van der Waals surface area contributed by atoms with Crippen LogP contribution in [-0.2, 0) is 18.8 Å². The smallest absolute Gasteiger partial charge is 0.312 e. The van der Waals surface area contributed by atoms with Crippen LogP contribution in [0, 0.1) is 11.3 Å². The number of ether oxygens (including phenoxy) is 1. The Bertz CT molecular complexity index is 782. The second kappa shape index (κ2) is 8.12. The molecular formula is C24H37NO4Si. The van der Waals surface area contributed by atoms with Gasteiger partial charge in [0.1, 0.15) is 6.10 Å². The molecule has 6 heteroatoms. The van der Waals surface area contributed by atoms with Crippen molar-refractivity contribution in [1.82, 2.24) is 4.90 Å². The van der Waals surface area contributed by atoms with E-state index < -0.39 is 19.8 Å². The first-order valence-corrected chi connectivity index (χ1v) is 14.1. The predicted molar refractivity (Wildman–Crippen MR) is 120 cm³/mol. The van der Waals surface area contributed by atoms with Gasteiger partial charge in [0.15, 0.2) is 8.32 Å². The highest BCUT2D eigenvalue weighted by Crippen LogP contribution is 2.57. The van der Waals surface area contributed by atoms with Crippen LogP contribution >= 0.6 is 0 Å². The summed E-state index contributed by atoms with van der Waals surface area (Å²) in [5.74, 6) is -0.318. The average molecular weight is 432 g/mol. The number of hydrogen-bond donors (Lipinski definition) is 0. The maximum absolute atomic E-state index is 13.7. The molecule has 1 aromatic carbocycles. The molecule has 30 heavy (non-hydrogen) atoms. The highest BCUT2D eigenvalue weighted by Gasteiger charge is 2.64. The number of likely N-dealkylation sites (tertiary alicyclic amines) is 1. The zero-order chi connectivity index (χ0) is 22.3. The summed E-state index contributed by atoms with van der Waals surface area (Å²) in [6, 6.07) is 10.0. The lowest BCUT2D eigenvalue weighted by atomic mass is 9.86. The zero-order valence-corrected chi connectivity index (χ0v) is 20.5. The van der Waals surface area contributed by atoms with Gasteiger partial charge in [-0.2, -0.15) is 0 Å². The van der Waals surface area contributed by atoms with Crippen molar-refractivity contribution in [3.05, 3.63) is 35.9 Å². The number of amides is 1. The van der Waals surface area contributed by atoms with Gasteiger partial charge in [0.25, 0.3) is 5.91 Å². The molecule has 1 saturated heterocycles. The fourth-order valence-electron chi connectivity index (χ4n) is 4.22. The minimum atomic E-state index is -2.20. The molecule has 0 spiro atoms. The summed E-state index contributed by atoms with van der Waals surface area (Å²) in [5.41, 5.74) is 0.516. The van der Waals surface area contributed by atoms with Crippen LogP contribution in [0.2, 0.25) is 18.1 Å². The van der Waals surface area contributed by atoms with E-state index in [4.69, 9.17) is 9.16 Å². The first kappa shape index (κ1) is 23.0. The largest absolute Gasteiger partial charge is 0.466 e. The van der Waals surface area contributed by atoms with Gasteiger partial charge < -0.3 is 14.1 Å². The SMILES string of the molecule is CCOC(=O)C1([C@H]2CN([C@@H](C)c3ccccc3)C(=O)[C@@H]2O[Si](C)(C)C(C)(C)C)CC1. The number of hydrogen-bond acceptors (Lipinski definition) is 4. The minimum Gasteiger partial charge on any atom is -0.466 e. The van der Waals surface area contributed by atoms with E-state index in [9.17, 15) is 9.59 Å². The molecule has 1 aromatic rings. The van der Waals surface area contributed by atoms with Gasteiger partial charge in [-0.1, -0.05) is 51.1 Å². The fourth-order valence-corrected chi connectivity index (χ4v) is 5.47. The molecule has 3 atom stereocenters. The van der Waals surface area contributed by atoms with Crippen LogP contribution in [0.15, 0.2) is 30.3 Å². The van der Waals surface area contributed by atoms with E-state index in [1.54, 1.807) is 0 Å². The van der Waals surface area contributed by atoms with Gasteiger partial charge >= 0.3 is 5.97 Å². The van der Waals surface area contributed by atoms with E-state index in [0.29, 0.717) is 13.2 Å². The van der Waals surface area contributed by atoms with Crippen molar-refractivity contribution in [2.24, 2.45) is 11.3 Å². The van der Waals surface area contributed by atoms with Crippen LogP contribution in [0.25, 0.3) is 0 Å². The molecule has 0 unspecified atom stereocenters. The first-order valence-electron chi connectivity index (χ1n) is 11.1. The van der Waals surface area contributed by atoms with Crippen molar-refractivity contribution in [3.8, 4) is 0 Å². The molecule has 2 fully saturated rings. The first-order chi connectivity index (χ1) is 13.9. The number of carbonyl (C=O) groups is 2. The summed E-state index contributed by atoms with van der Waals surface area (Å²) >= 11 is 0. The molecule has 5 nitrogen and oxygen atoms in total. The van der Waals surface area contributed by atoms with Gasteiger partial charge in [0, 0.05) is 12.5 Å². The van der Waals surface area contributed by atoms with Crippen LogP contribution in [0.4, 0.5) is 0 Å². The number of rotatable bonds is 7. The van der Waals surface area contributed by atoms with Crippen molar-refractivity contribution in [2.45, 2.75) is 77.7 Å². The molecule has 0 aromatic heterocycles. The molecule has 2 aliphatic rings. The van der Waals surface area contributed by atoms with Crippen molar-refractivity contribution in [3.63, 3.8) is 0 Å². The lowest BCUT2D eigenvalue weighted by molar-refractivity contribution is -0.153. The van der Waals surface area contributed by atoms with E-state index in [1.165, 1.54) is 0 Å². The van der Waals surface area contributed by atoms with E-state index in [-0.39, 0.29) is 28.9 Å². The Morgan fingerprint density at radius 1 is 1.23 bits per heavy atom. The van der Waals surface area contributed by atoms with Crippen molar-refractivity contribution < 1.29 is 18.8 Å². The van der Waals surface area contributed by atoms with E-state index in [0.717, 1.165) is 18.4 Å². The zero-order valence-electron chi connectivity index (χ0n) is 19.5. The van der Waals surface area contributed by atoms with E-state index in [2.05, 4.69) is 40.8 Å². The van der Waals surface area contributed by atoms with Crippen molar-refractivity contribution in [2.75, 3.05) is 13.2 Å². The van der Waals surface area contributed by atoms with Crippen molar-refractivity contribution in [1.29, 1.82) is 0 Å². The highest BCUT2D eigenvalue weighted by atomic mass is 28.4. The van der Waals surface area contributed by atoms with Crippen LogP contribution in [0.1, 0.15) is 59.1 Å². The summed E-state index contributed by atoms with van der Waals surface area (Å²) in [5, 5.41) is -0.0169. The van der Waals surface area contributed by atoms with Crippen LogP contribution in [0.3, 0.4) is 0 Å². The van der Waals surface area contributed by atoms with Gasteiger partial charge in [-0.15, -0.1) is 0 Å². The Balaban J connectivity index is 1.94. The molecule has 1 aliphatic heterocycles. The van der Waals surface area contributed by atoms with Crippen molar-refractivity contribution >= 4 is 20.2 Å². The monoisotopic (exact) mass is 431 g/mol. The fraction of sp³-hybridized carbons (Fsp3) is 0.667. The summed E-state index contributed by atoms with van der Waals surface area (Å²) in [7, 11) is -2.20. The second-order valence-corrected chi connectivity index (χ2v) is 15.1. The molecule has 0 N–H and O–H groups in total. The summed E-state index contributed by atoms with van der Waals surface area (Å²) < 4.78 is 12.1. The Morgan fingerprint density at radius 2 is 1.83 bits per heavy atom. The van der Waals surface area contributed by atoms with Crippen LogP contribution in [0.5, 0.6) is 0 Å². The molecule has 166 valence electrons. The summed E-state index contributed by atoms with van der Waals surface area (Å²) in [4.78, 5) is 28.5. The molecule has 0 bridgehead atoms. The molecule has 0 radical (unpaired) electrons. The number of benzene rings is 1. The third-order valence-electron chi connectivity index (χ3n) is 7.44. The number of nitrogens with zero attached hydrogens (tertiary/aromatic N) is 1. The van der Waals surface area contributed by atoms with Gasteiger partial charge in [0.05, 0.1) is 18.1 Å². The van der Waals surface area contributed by atoms with Crippen LogP contribution in [-0.4, -0.2) is 44.3 Å². The Kier molecular flexibility index (Phi) is 6.22. The molecule has 1 saturated carbocycles. The van der Waals surface area contributed by atoms with Crippen LogP contribution < -0.4 is 0 Å². The van der Waals surface area contributed by atoms with Gasteiger partial charge in [-0.05, 0) is 50.4 Å². The highest BCUT2D eigenvalue weighted by molar-refractivity contribution is 6.74. The standard InChI is InChI=1S/C24H37NO4Si/c1-8-28-22(27)24(14-15-24)19-16-25(17(2)18-12-10-9-11-13-18)21(26)20(19)29-30(6,7)23(3,4)5/h9-13,17,19-20H,8,14-16H2,1-7H3/t17-,19-,20+/m0/s1. The number of esters is 1. The Labute approximate surface area is 182 Å². The topological polar surface area (TPSA) is 55.8 Å². The van der Waals surface area contributed by atoms with E-state index >= 15 is 0 Å². The normalized spacial score (nSPS) is 24.6. The molecular weight excluding hydrogens is 394 g/mol. The lowest BCUT2D eigenvalue weighted by Gasteiger charge is -2.39. The molecule has 1 amide bonds. The quantitative estimate of drug-likeness (QED) is 0.453. The Morgan fingerprint density at radius 3 is 2.33 bits per heavy atom. The molecule has 1 aliphatic carbocycles. The minimum absolute atomic E-state index is 0.0109. The van der Waals surface area contributed by atoms with Gasteiger partial charge in [0.2, 0.25) is 0 Å². The number of carbonyl (C=O) groups excluding carboxylic acids is 2. The van der Waals surface area contributed by atoms with Gasteiger partial charge in [-0.3, -0.25) is 9.59 Å². The average Bonchev–Trinajstić information content (AvgIpc) is 3.42. The van der Waals surface area contributed by atoms with E-state index in [1.807, 2.05) is 42.2 Å². The maximum Gasteiger partial charge on any atom is 0.312 e. The molecule has 1 heterocycles. The predicted octanol–water partition coefficient (Wildman–Crippen LogP) is 4.94. The van der Waals surface area contributed by atoms with Gasteiger partial charge in [-0.25, -0.2) is 0 Å².